The average molecular weight is 567 g/mol. The molecule has 4 rings (SSSR count). The maximum atomic E-state index is 13.7. The molecule has 2 aromatic rings. The molecule has 4 N–H and O–H groups in total. The predicted molar refractivity (Wildman–Crippen MR) is 157 cm³/mol. The SMILES string of the molecule is CCCCN1C(=O)[C@H](CC(C)C)NC(=O)C12CCN(C(c1ccc(C(=O)NCCO)cc1)c1c(C)n[nH]c1C)CC2. The van der Waals surface area contributed by atoms with Gasteiger partial charge in [0.1, 0.15) is 11.6 Å². The van der Waals surface area contributed by atoms with Crippen molar-refractivity contribution in [2.75, 3.05) is 32.8 Å². The summed E-state index contributed by atoms with van der Waals surface area (Å²) in [5.41, 5.74) is 3.68. The highest BCUT2D eigenvalue weighted by atomic mass is 16.3. The Morgan fingerprint density at radius 2 is 1.85 bits per heavy atom. The van der Waals surface area contributed by atoms with E-state index in [0.717, 1.165) is 35.4 Å². The molecule has 1 spiro atoms. The number of rotatable bonds is 11. The summed E-state index contributed by atoms with van der Waals surface area (Å²) in [5, 5.41) is 22.4. The average Bonchev–Trinajstić information content (AvgIpc) is 3.29. The quantitative estimate of drug-likeness (QED) is 0.331. The second-order valence-corrected chi connectivity index (χ2v) is 11.9. The second-order valence-electron chi connectivity index (χ2n) is 11.9. The van der Waals surface area contributed by atoms with Crippen LogP contribution in [0.3, 0.4) is 0 Å². The number of carbonyl (C=O) groups is 3. The van der Waals surface area contributed by atoms with Gasteiger partial charge < -0.3 is 20.6 Å². The topological polar surface area (TPSA) is 131 Å². The number of piperazine rings is 1. The summed E-state index contributed by atoms with van der Waals surface area (Å²) in [6.45, 7) is 12.2. The fraction of sp³-hybridized carbons (Fsp3) is 0.613. The summed E-state index contributed by atoms with van der Waals surface area (Å²) in [5.74, 6) is 0.105. The molecule has 2 atom stereocenters. The molecule has 0 radical (unpaired) electrons. The van der Waals surface area contributed by atoms with Gasteiger partial charge in [0.2, 0.25) is 11.8 Å². The molecule has 3 amide bonds. The molecule has 1 aromatic heterocycles. The first kappa shape index (κ1) is 30.7. The smallest absolute Gasteiger partial charge is 0.251 e. The molecule has 224 valence electrons. The number of amides is 3. The molecule has 10 nitrogen and oxygen atoms in total. The van der Waals surface area contributed by atoms with Crippen molar-refractivity contribution in [1.29, 1.82) is 0 Å². The molecule has 2 saturated heterocycles. The number of aryl methyl sites for hydroxylation is 2. The number of hydrogen-bond donors (Lipinski definition) is 4. The van der Waals surface area contributed by atoms with Crippen LogP contribution in [-0.2, 0) is 9.59 Å². The van der Waals surface area contributed by atoms with Gasteiger partial charge >= 0.3 is 0 Å². The normalized spacial score (nSPS) is 20.0. The molecular weight excluding hydrogens is 520 g/mol. The van der Waals surface area contributed by atoms with E-state index >= 15 is 0 Å². The number of nitrogens with zero attached hydrogens (tertiary/aromatic N) is 3. The van der Waals surface area contributed by atoms with Crippen LogP contribution in [0.15, 0.2) is 24.3 Å². The van der Waals surface area contributed by atoms with E-state index < -0.39 is 11.6 Å². The summed E-state index contributed by atoms with van der Waals surface area (Å²) in [6.07, 6.45) is 3.57. The second kappa shape index (κ2) is 13.2. The van der Waals surface area contributed by atoms with E-state index in [2.05, 4.69) is 46.5 Å². The fourth-order valence-corrected chi connectivity index (χ4v) is 6.41. The third-order valence-electron chi connectivity index (χ3n) is 8.59. The highest BCUT2D eigenvalue weighted by Gasteiger charge is 2.54. The van der Waals surface area contributed by atoms with Crippen molar-refractivity contribution >= 4 is 17.7 Å². The number of aromatic amines is 1. The lowest BCUT2D eigenvalue weighted by atomic mass is 9.79. The van der Waals surface area contributed by atoms with E-state index in [1.807, 2.05) is 30.9 Å². The summed E-state index contributed by atoms with van der Waals surface area (Å²) in [4.78, 5) is 44.1. The van der Waals surface area contributed by atoms with Crippen LogP contribution in [0.4, 0.5) is 0 Å². The molecule has 0 aliphatic carbocycles. The van der Waals surface area contributed by atoms with Crippen LogP contribution in [-0.4, -0.2) is 87.2 Å². The van der Waals surface area contributed by atoms with E-state index in [-0.39, 0.29) is 36.9 Å². The van der Waals surface area contributed by atoms with Gasteiger partial charge in [-0.05, 0) is 63.1 Å². The van der Waals surface area contributed by atoms with Crippen molar-refractivity contribution in [2.24, 2.45) is 5.92 Å². The summed E-state index contributed by atoms with van der Waals surface area (Å²) < 4.78 is 0. The molecule has 1 aromatic carbocycles. The largest absolute Gasteiger partial charge is 0.395 e. The first-order chi connectivity index (χ1) is 19.6. The van der Waals surface area contributed by atoms with Crippen LogP contribution >= 0.6 is 0 Å². The van der Waals surface area contributed by atoms with Gasteiger partial charge in [-0.15, -0.1) is 0 Å². The maximum Gasteiger partial charge on any atom is 0.251 e. The van der Waals surface area contributed by atoms with Crippen LogP contribution in [0.25, 0.3) is 0 Å². The lowest BCUT2D eigenvalue weighted by molar-refractivity contribution is -0.162. The summed E-state index contributed by atoms with van der Waals surface area (Å²) >= 11 is 0. The lowest BCUT2D eigenvalue weighted by Gasteiger charge is -2.52. The molecule has 2 aliphatic heterocycles. The third-order valence-corrected chi connectivity index (χ3v) is 8.59. The van der Waals surface area contributed by atoms with Gasteiger partial charge in [0.25, 0.3) is 5.91 Å². The standard InChI is InChI=1S/C31H46N6O4/c1-6-7-15-37-29(40)25(19-20(2)3)33-30(41)31(37)12-16-36(17-13-31)27(26-21(4)34-35-22(26)5)23-8-10-24(11-9-23)28(39)32-14-18-38/h8-11,20,25,27,38H,6-7,12-19H2,1-5H3,(H,32,39)(H,33,41)(H,34,35)/t25-,27?/m0/s1. The molecular formula is C31H46N6O4. The molecule has 3 heterocycles. The zero-order chi connectivity index (χ0) is 29.7. The first-order valence-corrected chi connectivity index (χ1v) is 15.0. The number of aromatic nitrogens is 2. The molecule has 0 saturated carbocycles. The molecule has 10 heteroatoms. The number of aliphatic hydroxyl groups excluding tert-OH is 1. The number of hydrogen-bond acceptors (Lipinski definition) is 6. The van der Waals surface area contributed by atoms with Crippen molar-refractivity contribution in [1.82, 2.24) is 30.6 Å². The van der Waals surface area contributed by atoms with Crippen LogP contribution in [0.5, 0.6) is 0 Å². The van der Waals surface area contributed by atoms with Gasteiger partial charge in [0, 0.05) is 43.0 Å². The number of aliphatic hydroxyl groups is 1. The Labute approximate surface area is 243 Å². The first-order valence-electron chi connectivity index (χ1n) is 15.0. The zero-order valence-corrected chi connectivity index (χ0v) is 25.1. The molecule has 0 bridgehead atoms. The van der Waals surface area contributed by atoms with Crippen LogP contribution in [0.2, 0.25) is 0 Å². The van der Waals surface area contributed by atoms with E-state index in [1.165, 1.54) is 0 Å². The minimum Gasteiger partial charge on any atom is -0.395 e. The minimum atomic E-state index is -0.837. The van der Waals surface area contributed by atoms with Gasteiger partial charge in [0.05, 0.1) is 18.3 Å². The van der Waals surface area contributed by atoms with Crippen molar-refractivity contribution in [3.8, 4) is 0 Å². The summed E-state index contributed by atoms with van der Waals surface area (Å²) in [6, 6.07) is 6.96. The van der Waals surface area contributed by atoms with Crippen molar-refractivity contribution in [3.05, 3.63) is 52.3 Å². The van der Waals surface area contributed by atoms with Gasteiger partial charge in [-0.2, -0.15) is 5.10 Å². The fourth-order valence-electron chi connectivity index (χ4n) is 6.41. The number of piperidine rings is 1. The Hall–Kier alpha value is -3.24. The number of H-pyrrole nitrogens is 1. The highest BCUT2D eigenvalue weighted by Crippen LogP contribution is 2.40. The van der Waals surface area contributed by atoms with Crippen molar-refractivity contribution in [3.63, 3.8) is 0 Å². The van der Waals surface area contributed by atoms with E-state index in [9.17, 15) is 14.4 Å². The highest BCUT2D eigenvalue weighted by molar-refractivity contribution is 6.00. The van der Waals surface area contributed by atoms with Crippen LogP contribution in [0.1, 0.15) is 91.8 Å². The minimum absolute atomic E-state index is 0.0241. The predicted octanol–water partition coefficient (Wildman–Crippen LogP) is 2.85. The Bertz CT molecular complexity index is 1200. The molecule has 41 heavy (non-hydrogen) atoms. The molecule has 1 unspecified atom stereocenters. The summed E-state index contributed by atoms with van der Waals surface area (Å²) in [7, 11) is 0. The van der Waals surface area contributed by atoms with Crippen molar-refractivity contribution < 1.29 is 19.5 Å². The van der Waals surface area contributed by atoms with E-state index in [0.29, 0.717) is 50.4 Å². The van der Waals surface area contributed by atoms with Crippen molar-refractivity contribution in [2.45, 2.75) is 84.3 Å². The number of likely N-dealkylation sites (tertiary alicyclic amines) is 1. The Kier molecular flexibility index (Phi) is 9.86. The maximum absolute atomic E-state index is 13.7. The molecule has 2 aliphatic rings. The monoisotopic (exact) mass is 566 g/mol. The zero-order valence-electron chi connectivity index (χ0n) is 25.1. The lowest BCUT2D eigenvalue weighted by Crippen LogP contribution is -2.73. The number of benzene rings is 1. The van der Waals surface area contributed by atoms with Crippen LogP contribution < -0.4 is 10.6 Å². The Morgan fingerprint density at radius 3 is 2.41 bits per heavy atom. The van der Waals surface area contributed by atoms with Crippen LogP contribution in [0, 0.1) is 19.8 Å². The number of nitrogens with one attached hydrogen (secondary N) is 3. The Morgan fingerprint density at radius 1 is 1.17 bits per heavy atom. The Balaban J connectivity index is 1.62. The number of unbranched alkanes of at least 4 members (excludes halogenated alkanes) is 1. The van der Waals surface area contributed by atoms with E-state index in [4.69, 9.17) is 5.11 Å². The van der Waals surface area contributed by atoms with Gasteiger partial charge in [-0.25, -0.2) is 0 Å². The van der Waals surface area contributed by atoms with Gasteiger partial charge in [0.15, 0.2) is 0 Å². The van der Waals surface area contributed by atoms with E-state index in [1.54, 1.807) is 12.1 Å². The van der Waals surface area contributed by atoms with Gasteiger partial charge in [-0.3, -0.25) is 24.4 Å². The van der Waals surface area contributed by atoms with Gasteiger partial charge in [-0.1, -0.05) is 39.3 Å². The molecule has 2 fully saturated rings. The third kappa shape index (κ3) is 6.33. The number of carbonyl (C=O) groups excluding carboxylic acids is 3.